The number of ketones is 1. The summed E-state index contributed by atoms with van der Waals surface area (Å²) in [6, 6.07) is 13.6. The van der Waals surface area contributed by atoms with E-state index in [0.717, 1.165) is 29.9 Å². The van der Waals surface area contributed by atoms with Crippen LogP contribution in [0.1, 0.15) is 30.9 Å². The number of benzene rings is 1. The fourth-order valence-corrected chi connectivity index (χ4v) is 2.57. The van der Waals surface area contributed by atoms with Gasteiger partial charge in [0.15, 0.2) is 5.78 Å². The van der Waals surface area contributed by atoms with Crippen LogP contribution in [0.25, 0.3) is 0 Å². The summed E-state index contributed by atoms with van der Waals surface area (Å²) in [5.41, 5.74) is 7.85. The third-order valence-corrected chi connectivity index (χ3v) is 3.73. The molecule has 0 radical (unpaired) electrons. The molecule has 0 bridgehead atoms. The number of allylic oxidation sites excluding steroid dienone is 1. The lowest BCUT2D eigenvalue weighted by molar-refractivity contribution is -0.117. The van der Waals surface area contributed by atoms with E-state index in [1.807, 2.05) is 42.5 Å². The van der Waals surface area contributed by atoms with Crippen LogP contribution in [-0.4, -0.2) is 5.78 Å². The smallest absolute Gasteiger partial charge is 0.161 e. The molecular formula is C17H18N2O2. The minimum Gasteiger partial charge on any atom is -0.469 e. The Bertz CT molecular complexity index is 618. The van der Waals surface area contributed by atoms with Gasteiger partial charge in [-0.3, -0.25) is 4.79 Å². The quantitative estimate of drug-likeness (QED) is 0.664. The molecule has 4 nitrogen and oxygen atoms in total. The van der Waals surface area contributed by atoms with Crippen LogP contribution in [0.15, 0.2) is 64.9 Å². The molecule has 1 heterocycles. The molecular weight excluding hydrogens is 264 g/mol. The Morgan fingerprint density at radius 3 is 2.71 bits per heavy atom. The van der Waals surface area contributed by atoms with E-state index >= 15 is 0 Å². The summed E-state index contributed by atoms with van der Waals surface area (Å²) < 4.78 is 5.40. The fraction of sp³-hybridized carbons (Fsp3) is 0.235. The molecule has 0 saturated heterocycles. The zero-order valence-electron chi connectivity index (χ0n) is 11.7. The van der Waals surface area contributed by atoms with Crippen LogP contribution in [0.4, 0.5) is 5.69 Å². The Kier molecular flexibility index (Phi) is 4.05. The van der Waals surface area contributed by atoms with Crippen LogP contribution >= 0.6 is 0 Å². The zero-order chi connectivity index (χ0) is 14.5. The molecule has 108 valence electrons. The molecule has 0 amide bonds. The normalized spacial score (nSPS) is 20.5. The topological polar surface area (TPSA) is 54.3 Å². The SMILES string of the molecule is O=C1CC(c2ccco2)CC/C1=C\NNc1ccccc1. The summed E-state index contributed by atoms with van der Waals surface area (Å²) in [5, 5.41) is 0. The van der Waals surface area contributed by atoms with Gasteiger partial charge in [0.1, 0.15) is 5.76 Å². The molecule has 1 atom stereocenters. The molecule has 0 spiro atoms. The Hall–Kier alpha value is -2.49. The van der Waals surface area contributed by atoms with E-state index < -0.39 is 0 Å². The first-order chi connectivity index (χ1) is 10.3. The van der Waals surface area contributed by atoms with Crippen LogP contribution in [0.2, 0.25) is 0 Å². The highest BCUT2D eigenvalue weighted by molar-refractivity contribution is 5.96. The number of rotatable bonds is 4. The Morgan fingerprint density at radius 1 is 1.14 bits per heavy atom. The average Bonchev–Trinajstić information content (AvgIpc) is 3.04. The third-order valence-electron chi connectivity index (χ3n) is 3.73. The monoisotopic (exact) mass is 282 g/mol. The van der Waals surface area contributed by atoms with E-state index in [-0.39, 0.29) is 11.7 Å². The van der Waals surface area contributed by atoms with Gasteiger partial charge in [0, 0.05) is 24.1 Å². The van der Waals surface area contributed by atoms with E-state index in [1.165, 1.54) is 0 Å². The highest BCUT2D eigenvalue weighted by Gasteiger charge is 2.26. The summed E-state index contributed by atoms with van der Waals surface area (Å²) >= 11 is 0. The molecule has 4 heteroatoms. The molecule has 3 rings (SSSR count). The van der Waals surface area contributed by atoms with Gasteiger partial charge in [-0.05, 0) is 37.1 Å². The van der Waals surface area contributed by atoms with Gasteiger partial charge in [-0.2, -0.15) is 0 Å². The van der Waals surface area contributed by atoms with E-state index in [0.29, 0.717) is 6.42 Å². The zero-order valence-corrected chi connectivity index (χ0v) is 11.7. The first kappa shape index (κ1) is 13.5. The van der Waals surface area contributed by atoms with E-state index in [9.17, 15) is 4.79 Å². The molecule has 0 aliphatic heterocycles. The van der Waals surface area contributed by atoms with Crippen molar-refractivity contribution in [3.8, 4) is 0 Å². The van der Waals surface area contributed by atoms with Crippen molar-refractivity contribution in [2.45, 2.75) is 25.2 Å². The molecule has 1 fully saturated rings. The summed E-state index contributed by atoms with van der Waals surface area (Å²) in [6.45, 7) is 0. The van der Waals surface area contributed by atoms with Crippen molar-refractivity contribution < 1.29 is 9.21 Å². The first-order valence-electron chi connectivity index (χ1n) is 7.15. The maximum atomic E-state index is 12.2. The predicted molar refractivity (Wildman–Crippen MR) is 81.6 cm³/mol. The lowest BCUT2D eigenvalue weighted by Crippen LogP contribution is -2.21. The number of furan rings is 1. The highest BCUT2D eigenvalue weighted by Crippen LogP contribution is 2.33. The second-order valence-electron chi connectivity index (χ2n) is 5.18. The standard InChI is InChI=1S/C17H18N2O2/c20-16-11-13(17-7-4-10-21-17)8-9-14(16)12-18-19-15-5-2-1-3-6-15/h1-7,10,12-13,18-19H,8-9,11H2/b14-12+. The van der Waals surface area contributed by atoms with Crippen molar-refractivity contribution in [2.75, 3.05) is 5.43 Å². The van der Waals surface area contributed by atoms with Crippen molar-refractivity contribution >= 4 is 11.5 Å². The molecule has 1 aliphatic rings. The maximum absolute atomic E-state index is 12.2. The molecule has 21 heavy (non-hydrogen) atoms. The fourth-order valence-electron chi connectivity index (χ4n) is 2.57. The van der Waals surface area contributed by atoms with Crippen molar-refractivity contribution in [2.24, 2.45) is 0 Å². The van der Waals surface area contributed by atoms with Gasteiger partial charge in [0.05, 0.1) is 12.0 Å². The Morgan fingerprint density at radius 2 is 2.00 bits per heavy atom. The Labute approximate surface area is 123 Å². The summed E-state index contributed by atoms with van der Waals surface area (Å²) in [7, 11) is 0. The minimum absolute atomic E-state index is 0.185. The number of hydrogen-bond donors (Lipinski definition) is 2. The third kappa shape index (κ3) is 3.34. The molecule has 2 aromatic rings. The number of anilines is 1. The van der Waals surface area contributed by atoms with Crippen LogP contribution in [0.3, 0.4) is 0 Å². The number of para-hydroxylation sites is 1. The highest BCUT2D eigenvalue weighted by atomic mass is 16.3. The van der Waals surface area contributed by atoms with Crippen LogP contribution in [-0.2, 0) is 4.79 Å². The van der Waals surface area contributed by atoms with Crippen molar-refractivity contribution in [1.82, 2.24) is 5.43 Å². The first-order valence-corrected chi connectivity index (χ1v) is 7.15. The second kappa shape index (κ2) is 6.31. The number of hydrazine groups is 1. The lowest BCUT2D eigenvalue weighted by atomic mass is 9.84. The number of nitrogens with one attached hydrogen (secondary N) is 2. The molecule has 1 unspecified atom stereocenters. The summed E-state index contributed by atoms with van der Waals surface area (Å²) in [5.74, 6) is 1.31. The van der Waals surface area contributed by atoms with Crippen LogP contribution in [0.5, 0.6) is 0 Å². The van der Waals surface area contributed by atoms with Gasteiger partial charge in [-0.1, -0.05) is 18.2 Å². The number of carbonyl (C=O) groups excluding carboxylic acids is 1. The number of hydrogen-bond acceptors (Lipinski definition) is 4. The average molecular weight is 282 g/mol. The molecule has 2 N–H and O–H groups in total. The van der Waals surface area contributed by atoms with Gasteiger partial charge in [-0.15, -0.1) is 0 Å². The summed E-state index contributed by atoms with van der Waals surface area (Å²) in [6.07, 6.45) is 5.67. The van der Waals surface area contributed by atoms with Crippen LogP contribution in [0, 0.1) is 0 Å². The van der Waals surface area contributed by atoms with Gasteiger partial charge >= 0.3 is 0 Å². The number of carbonyl (C=O) groups is 1. The molecule has 1 aliphatic carbocycles. The summed E-state index contributed by atoms with van der Waals surface area (Å²) in [4.78, 5) is 12.2. The lowest BCUT2D eigenvalue weighted by Gasteiger charge is -2.21. The van der Waals surface area contributed by atoms with Gasteiger partial charge < -0.3 is 15.3 Å². The van der Waals surface area contributed by atoms with Crippen LogP contribution < -0.4 is 10.9 Å². The number of Topliss-reactive ketones (excluding diaryl/α,β-unsaturated/α-hetero) is 1. The maximum Gasteiger partial charge on any atom is 0.161 e. The molecule has 1 aromatic carbocycles. The minimum atomic E-state index is 0.185. The van der Waals surface area contributed by atoms with E-state index in [4.69, 9.17) is 4.42 Å². The van der Waals surface area contributed by atoms with Gasteiger partial charge in [-0.25, -0.2) is 0 Å². The van der Waals surface area contributed by atoms with E-state index in [1.54, 1.807) is 12.5 Å². The molecule has 1 aromatic heterocycles. The largest absolute Gasteiger partial charge is 0.469 e. The van der Waals surface area contributed by atoms with Gasteiger partial charge in [0.25, 0.3) is 0 Å². The van der Waals surface area contributed by atoms with Crippen molar-refractivity contribution in [3.63, 3.8) is 0 Å². The Balaban J connectivity index is 1.55. The predicted octanol–water partition coefficient (Wildman–Crippen LogP) is 3.62. The van der Waals surface area contributed by atoms with E-state index in [2.05, 4.69) is 10.9 Å². The molecule has 1 saturated carbocycles. The van der Waals surface area contributed by atoms with Crippen molar-refractivity contribution in [1.29, 1.82) is 0 Å². The van der Waals surface area contributed by atoms with Crippen molar-refractivity contribution in [3.05, 3.63) is 66.3 Å². The second-order valence-corrected chi connectivity index (χ2v) is 5.18. The van der Waals surface area contributed by atoms with Gasteiger partial charge in [0.2, 0.25) is 0 Å².